The molecule has 0 spiro atoms. The van der Waals surface area contributed by atoms with Crippen molar-refractivity contribution in [1.82, 2.24) is 15.1 Å². The summed E-state index contributed by atoms with van der Waals surface area (Å²) < 4.78 is 1.82. The maximum Gasteiger partial charge on any atom is 0.271 e. The van der Waals surface area contributed by atoms with Gasteiger partial charge in [-0.15, -0.1) is 0 Å². The van der Waals surface area contributed by atoms with Crippen molar-refractivity contribution in [3.8, 4) is 0 Å². The second kappa shape index (κ2) is 4.96. The van der Waals surface area contributed by atoms with E-state index in [9.17, 15) is 4.79 Å². The van der Waals surface area contributed by atoms with Gasteiger partial charge in [0.1, 0.15) is 5.69 Å². The predicted molar refractivity (Wildman–Crippen MR) is 59.8 cm³/mol. The van der Waals surface area contributed by atoms with Crippen LogP contribution in [0, 0.1) is 12.8 Å². The van der Waals surface area contributed by atoms with Crippen molar-refractivity contribution >= 4 is 5.91 Å². The van der Waals surface area contributed by atoms with Crippen LogP contribution in [0.4, 0.5) is 0 Å². The lowest BCUT2D eigenvalue weighted by molar-refractivity contribution is 0.0943. The molecule has 1 aromatic rings. The summed E-state index contributed by atoms with van der Waals surface area (Å²) in [4.78, 5) is 11.6. The molecule has 0 saturated carbocycles. The van der Waals surface area contributed by atoms with Crippen LogP contribution in [0.3, 0.4) is 0 Å². The molecule has 1 rings (SSSR count). The third kappa shape index (κ3) is 3.08. The molecule has 0 aromatic carbocycles. The van der Waals surface area contributed by atoms with Crippen molar-refractivity contribution < 1.29 is 4.79 Å². The first-order valence-electron chi connectivity index (χ1n) is 5.37. The van der Waals surface area contributed by atoms with Gasteiger partial charge in [0.15, 0.2) is 0 Å². The Hall–Kier alpha value is -1.32. The Bertz CT molecular complexity index is 342. The predicted octanol–water partition coefficient (Wildman–Crippen LogP) is 1.60. The lowest BCUT2D eigenvalue weighted by Crippen LogP contribution is -2.27. The van der Waals surface area contributed by atoms with Gasteiger partial charge in [-0.25, -0.2) is 0 Å². The summed E-state index contributed by atoms with van der Waals surface area (Å²) in [6, 6.07) is 1.82. The van der Waals surface area contributed by atoms with Crippen LogP contribution < -0.4 is 5.32 Å². The second-order valence-corrected chi connectivity index (χ2v) is 4.09. The van der Waals surface area contributed by atoms with Crippen LogP contribution in [0.15, 0.2) is 6.07 Å². The van der Waals surface area contributed by atoms with E-state index in [-0.39, 0.29) is 5.91 Å². The fraction of sp³-hybridized carbons (Fsp3) is 0.636. The molecule has 0 saturated heterocycles. The number of carbonyl (C=O) groups is 1. The number of nitrogens with zero attached hydrogens (tertiary/aromatic N) is 2. The lowest BCUT2D eigenvalue weighted by atomic mass is 10.2. The van der Waals surface area contributed by atoms with Gasteiger partial charge in [0.05, 0.1) is 0 Å². The van der Waals surface area contributed by atoms with Gasteiger partial charge in [-0.3, -0.25) is 9.48 Å². The fourth-order valence-corrected chi connectivity index (χ4v) is 1.33. The Morgan fingerprint density at radius 1 is 1.60 bits per heavy atom. The topological polar surface area (TPSA) is 46.9 Å². The van der Waals surface area contributed by atoms with Crippen LogP contribution in [0.5, 0.6) is 0 Å². The van der Waals surface area contributed by atoms with E-state index in [1.54, 1.807) is 0 Å². The van der Waals surface area contributed by atoms with Crippen LogP contribution in [-0.2, 0) is 6.54 Å². The Morgan fingerprint density at radius 2 is 2.27 bits per heavy atom. The Balaban J connectivity index is 2.66. The molecule has 0 aliphatic carbocycles. The first-order valence-corrected chi connectivity index (χ1v) is 5.37. The van der Waals surface area contributed by atoms with Gasteiger partial charge in [-0.05, 0) is 25.8 Å². The van der Waals surface area contributed by atoms with Gasteiger partial charge in [0.2, 0.25) is 0 Å². The molecule has 1 aromatic heterocycles. The van der Waals surface area contributed by atoms with E-state index in [1.807, 2.05) is 24.6 Å². The number of aryl methyl sites for hydroxylation is 2. The van der Waals surface area contributed by atoms with Crippen LogP contribution in [0.2, 0.25) is 0 Å². The normalized spacial score (nSPS) is 10.7. The van der Waals surface area contributed by atoms with E-state index in [1.165, 1.54) is 0 Å². The fourth-order valence-electron chi connectivity index (χ4n) is 1.33. The maximum atomic E-state index is 11.6. The highest BCUT2D eigenvalue weighted by atomic mass is 16.1. The molecule has 1 N–H and O–H groups in total. The molecule has 0 radical (unpaired) electrons. The number of hydrogen-bond donors (Lipinski definition) is 1. The number of aromatic nitrogens is 2. The van der Waals surface area contributed by atoms with Crippen LogP contribution in [0.25, 0.3) is 0 Å². The number of nitrogens with one attached hydrogen (secondary N) is 1. The summed E-state index contributed by atoms with van der Waals surface area (Å²) in [7, 11) is 0. The molecular formula is C11H19N3O. The Kier molecular flexibility index (Phi) is 3.88. The number of amides is 1. The van der Waals surface area contributed by atoms with Crippen molar-refractivity contribution in [3.05, 3.63) is 17.5 Å². The molecule has 84 valence electrons. The summed E-state index contributed by atoms with van der Waals surface area (Å²) in [5.74, 6) is 0.377. The summed E-state index contributed by atoms with van der Waals surface area (Å²) in [6.45, 7) is 9.58. The molecule has 4 heteroatoms. The smallest absolute Gasteiger partial charge is 0.271 e. The molecule has 0 bridgehead atoms. The minimum Gasteiger partial charge on any atom is -0.350 e. The van der Waals surface area contributed by atoms with E-state index in [2.05, 4.69) is 24.3 Å². The quantitative estimate of drug-likeness (QED) is 0.818. The van der Waals surface area contributed by atoms with Gasteiger partial charge in [-0.1, -0.05) is 13.8 Å². The summed E-state index contributed by atoms with van der Waals surface area (Å²) in [5.41, 5.74) is 1.53. The Labute approximate surface area is 90.7 Å². The SMILES string of the molecule is CCn1nc(C(=O)NCC(C)C)cc1C. The standard InChI is InChI=1S/C11H19N3O/c1-5-14-9(4)6-10(13-14)11(15)12-7-8(2)3/h6,8H,5,7H2,1-4H3,(H,12,15). The van der Waals surface area contributed by atoms with Crippen molar-refractivity contribution in [2.24, 2.45) is 5.92 Å². The molecular weight excluding hydrogens is 190 g/mol. The van der Waals surface area contributed by atoms with Crippen LogP contribution in [0.1, 0.15) is 37.0 Å². The molecule has 1 amide bonds. The number of carbonyl (C=O) groups excluding carboxylic acids is 1. The molecule has 0 aliphatic rings. The second-order valence-electron chi connectivity index (χ2n) is 4.09. The van der Waals surface area contributed by atoms with E-state index in [0.717, 1.165) is 12.2 Å². The van der Waals surface area contributed by atoms with Crippen molar-refractivity contribution in [2.75, 3.05) is 6.54 Å². The monoisotopic (exact) mass is 209 g/mol. The van der Waals surface area contributed by atoms with E-state index in [4.69, 9.17) is 0 Å². The van der Waals surface area contributed by atoms with Gasteiger partial charge in [0.25, 0.3) is 5.91 Å². The lowest BCUT2D eigenvalue weighted by Gasteiger charge is -2.05. The van der Waals surface area contributed by atoms with Gasteiger partial charge in [-0.2, -0.15) is 5.10 Å². The van der Waals surface area contributed by atoms with Gasteiger partial charge >= 0.3 is 0 Å². The molecule has 1 heterocycles. The highest BCUT2D eigenvalue weighted by molar-refractivity contribution is 5.92. The van der Waals surface area contributed by atoms with Gasteiger partial charge in [0, 0.05) is 18.8 Å². The van der Waals surface area contributed by atoms with Crippen molar-refractivity contribution in [3.63, 3.8) is 0 Å². The number of hydrogen-bond acceptors (Lipinski definition) is 2. The molecule has 4 nitrogen and oxygen atoms in total. The first kappa shape index (κ1) is 11.8. The van der Waals surface area contributed by atoms with Gasteiger partial charge < -0.3 is 5.32 Å². The minimum atomic E-state index is -0.0843. The van der Waals surface area contributed by atoms with Crippen LogP contribution in [-0.4, -0.2) is 22.2 Å². The summed E-state index contributed by atoms with van der Waals surface area (Å²) in [5, 5.41) is 7.06. The third-order valence-electron chi connectivity index (χ3n) is 2.18. The highest BCUT2D eigenvalue weighted by Crippen LogP contribution is 2.03. The molecule has 0 atom stereocenters. The molecule has 0 fully saturated rings. The molecule has 15 heavy (non-hydrogen) atoms. The zero-order valence-electron chi connectivity index (χ0n) is 9.87. The van der Waals surface area contributed by atoms with E-state index < -0.39 is 0 Å². The number of rotatable bonds is 4. The largest absolute Gasteiger partial charge is 0.350 e. The highest BCUT2D eigenvalue weighted by Gasteiger charge is 2.11. The average Bonchev–Trinajstić information content (AvgIpc) is 2.56. The minimum absolute atomic E-state index is 0.0843. The summed E-state index contributed by atoms with van der Waals surface area (Å²) >= 11 is 0. The van der Waals surface area contributed by atoms with E-state index >= 15 is 0 Å². The maximum absolute atomic E-state index is 11.6. The summed E-state index contributed by atoms with van der Waals surface area (Å²) in [6.07, 6.45) is 0. The average molecular weight is 209 g/mol. The van der Waals surface area contributed by atoms with E-state index in [0.29, 0.717) is 18.2 Å². The first-order chi connectivity index (χ1) is 7.04. The van der Waals surface area contributed by atoms with Crippen molar-refractivity contribution in [2.45, 2.75) is 34.2 Å². The molecule has 0 unspecified atom stereocenters. The third-order valence-corrected chi connectivity index (χ3v) is 2.18. The zero-order chi connectivity index (χ0) is 11.4. The Morgan fingerprint density at radius 3 is 2.73 bits per heavy atom. The molecule has 0 aliphatic heterocycles. The van der Waals surface area contributed by atoms with Crippen molar-refractivity contribution in [1.29, 1.82) is 0 Å². The van der Waals surface area contributed by atoms with Crippen LogP contribution >= 0.6 is 0 Å². The zero-order valence-corrected chi connectivity index (χ0v) is 9.87.